The third-order valence-corrected chi connectivity index (χ3v) is 2.38. The number of rotatable bonds is 10. The number of hydrogen-bond acceptors (Lipinski definition) is 4. The highest BCUT2D eigenvalue weighted by atomic mass is 16.5. The average Bonchev–Trinajstić information content (AvgIpc) is 2.27. The molecular formula is C12H22O5. The molecule has 0 fully saturated rings. The van der Waals surface area contributed by atoms with Gasteiger partial charge in [-0.2, -0.15) is 0 Å². The second-order valence-electron chi connectivity index (χ2n) is 3.72. The Balaban J connectivity index is 4.00. The molecule has 0 bridgehead atoms. The van der Waals surface area contributed by atoms with Crippen molar-refractivity contribution in [2.45, 2.75) is 39.5 Å². The van der Waals surface area contributed by atoms with Crippen LogP contribution in [-0.2, 0) is 19.1 Å². The number of ether oxygens (including phenoxy) is 2. The summed E-state index contributed by atoms with van der Waals surface area (Å²) in [5.41, 5.74) is 0. The molecule has 0 radical (unpaired) electrons. The Labute approximate surface area is 102 Å². The number of carboxylic acids is 1. The van der Waals surface area contributed by atoms with Crippen molar-refractivity contribution >= 4 is 11.9 Å². The number of hydrogen-bond donors (Lipinski definition) is 1. The molecule has 0 heterocycles. The molecule has 1 atom stereocenters. The molecule has 0 rings (SSSR count). The van der Waals surface area contributed by atoms with E-state index in [0.717, 1.165) is 0 Å². The van der Waals surface area contributed by atoms with Crippen LogP contribution in [0.3, 0.4) is 0 Å². The van der Waals surface area contributed by atoms with E-state index in [-0.39, 0.29) is 18.3 Å². The molecule has 5 heteroatoms. The molecule has 0 spiro atoms. The van der Waals surface area contributed by atoms with Crippen LogP contribution in [0.1, 0.15) is 39.5 Å². The number of esters is 1. The fourth-order valence-electron chi connectivity index (χ4n) is 1.51. The lowest BCUT2D eigenvalue weighted by Crippen LogP contribution is -2.20. The lowest BCUT2D eigenvalue weighted by atomic mass is 9.99. The summed E-state index contributed by atoms with van der Waals surface area (Å²) in [6, 6.07) is 0. The molecule has 0 aromatic rings. The molecule has 0 aromatic carbocycles. The maximum absolute atomic E-state index is 11.6. The first-order valence-electron chi connectivity index (χ1n) is 6.07. The van der Waals surface area contributed by atoms with Gasteiger partial charge in [0, 0.05) is 19.6 Å². The molecule has 1 unspecified atom stereocenters. The van der Waals surface area contributed by atoms with Crippen molar-refractivity contribution in [2.75, 3.05) is 19.8 Å². The zero-order valence-corrected chi connectivity index (χ0v) is 10.6. The zero-order valence-electron chi connectivity index (χ0n) is 10.6. The summed E-state index contributed by atoms with van der Waals surface area (Å²) in [5.74, 6) is -1.34. The van der Waals surface area contributed by atoms with E-state index in [1.165, 1.54) is 0 Å². The molecular weight excluding hydrogens is 224 g/mol. The van der Waals surface area contributed by atoms with E-state index < -0.39 is 5.97 Å². The van der Waals surface area contributed by atoms with E-state index in [1.54, 1.807) is 6.92 Å². The van der Waals surface area contributed by atoms with Crippen LogP contribution in [0.25, 0.3) is 0 Å². The Morgan fingerprint density at radius 2 is 1.88 bits per heavy atom. The van der Waals surface area contributed by atoms with Crippen LogP contribution in [0.4, 0.5) is 0 Å². The van der Waals surface area contributed by atoms with Crippen molar-refractivity contribution in [2.24, 2.45) is 5.92 Å². The average molecular weight is 246 g/mol. The van der Waals surface area contributed by atoms with E-state index in [4.69, 9.17) is 14.6 Å². The van der Waals surface area contributed by atoms with Crippen LogP contribution in [0, 0.1) is 5.92 Å². The van der Waals surface area contributed by atoms with Gasteiger partial charge in [-0.15, -0.1) is 0 Å². The maximum Gasteiger partial charge on any atom is 0.309 e. The minimum Gasteiger partial charge on any atom is -0.481 e. The highest BCUT2D eigenvalue weighted by Gasteiger charge is 2.19. The summed E-state index contributed by atoms with van der Waals surface area (Å²) in [7, 11) is 0. The Hall–Kier alpha value is -1.10. The van der Waals surface area contributed by atoms with Crippen molar-refractivity contribution in [1.82, 2.24) is 0 Å². The zero-order chi connectivity index (χ0) is 13.1. The van der Waals surface area contributed by atoms with Gasteiger partial charge >= 0.3 is 11.9 Å². The van der Waals surface area contributed by atoms with Crippen molar-refractivity contribution in [3.05, 3.63) is 0 Å². The Kier molecular flexibility index (Phi) is 9.43. The Morgan fingerprint density at radius 1 is 1.18 bits per heavy atom. The van der Waals surface area contributed by atoms with Gasteiger partial charge in [-0.1, -0.05) is 0 Å². The topological polar surface area (TPSA) is 72.8 Å². The number of carboxylic acid groups (broad SMARTS) is 1. The lowest BCUT2D eigenvalue weighted by molar-refractivity contribution is -0.149. The first kappa shape index (κ1) is 15.9. The molecule has 5 nitrogen and oxygen atoms in total. The van der Waals surface area contributed by atoms with E-state index >= 15 is 0 Å². The highest BCUT2D eigenvalue weighted by Crippen LogP contribution is 2.15. The molecule has 0 aliphatic carbocycles. The first-order valence-corrected chi connectivity index (χ1v) is 6.07. The summed E-state index contributed by atoms with van der Waals surface area (Å²) in [4.78, 5) is 22.0. The minimum atomic E-state index is -0.836. The van der Waals surface area contributed by atoms with Crippen LogP contribution in [0.5, 0.6) is 0 Å². The third kappa shape index (κ3) is 8.68. The first-order chi connectivity index (χ1) is 8.11. The predicted octanol–water partition coefficient (Wildman–Crippen LogP) is 1.85. The molecule has 0 saturated heterocycles. The molecule has 17 heavy (non-hydrogen) atoms. The summed E-state index contributed by atoms with van der Waals surface area (Å²) in [6.07, 6.45) is 1.71. The van der Waals surface area contributed by atoms with Gasteiger partial charge < -0.3 is 14.6 Å². The van der Waals surface area contributed by atoms with Crippen LogP contribution < -0.4 is 0 Å². The van der Waals surface area contributed by atoms with E-state index in [1.807, 2.05) is 6.92 Å². The van der Waals surface area contributed by atoms with Gasteiger partial charge in [0.1, 0.15) is 0 Å². The largest absolute Gasteiger partial charge is 0.481 e. The number of carbonyl (C=O) groups excluding carboxylic acids is 1. The van der Waals surface area contributed by atoms with Crippen molar-refractivity contribution in [3.63, 3.8) is 0 Å². The smallest absolute Gasteiger partial charge is 0.309 e. The molecule has 100 valence electrons. The van der Waals surface area contributed by atoms with Gasteiger partial charge in [-0.3, -0.25) is 9.59 Å². The van der Waals surface area contributed by atoms with E-state index in [2.05, 4.69) is 0 Å². The molecule has 0 aliphatic heterocycles. The van der Waals surface area contributed by atoms with Crippen LogP contribution in [0.15, 0.2) is 0 Å². The molecule has 1 N–H and O–H groups in total. The van der Waals surface area contributed by atoms with Crippen LogP contribution >= 0.6 is 0 Å². The third-order valence-electron chi connectivity index (χ3n) is 2.38. The maximum atomic E-state index is 11.6. The summed E-state index contributed by atoms with van der Waals surface area (Å²) >= 11 is 0. The Bertz CT molecular complexity index is 227. The number of aliphatic carboxylic acids is 1. The highest BCUT2D eigenvalue weighted by molar-refractivity contribution is 5.72. The fourth-order valence-corrected chi connectivity index (χ4v) is 1.51. The minimum absolute atomic E-state index is 0.0878. The van der Waals surface area contributed by atoms with Crippen molar-refractivity contribution < 1.29 is 24.2 Å². The van der Waals surface area contributed by atoms with Crippen LogP contribution in [-0.4, -0.2) is 36.9 Å². The lowest BCUT2D eigenvalue weighted by Gasteiger charge is -2.14. The van der Waals surface area contributed by atoms with Gasteiger partial charge in [-0.05, 0) is 33.1 Å². The standard InChI is InChI=1S/C12H22O5/c1-3-16-9-8-10(12(15)17-4-2)6-5-7-11(13)14/h10H,3-9H2,1-2H3,(H,13,14). The SMILES string of the molecule is CCOCCC(CCCC(=O)O)C(=O)OCC. The van der Waals surface area contributed by atoms with Gasteiger partial charge in [0.25, 0.3) is 0 Å². The van der Waals surface area contributed by atoms with Crippen LogP contribution in [0.2, 0.25) is 0 Å². The normalized spacial score (nSPS) is 12.1. The summed E-state index contributed by atoms with van der Waals surface area (Å²) in [6.45, 7) is 5.12. The number of carbonyl (C=O) groups is 2. The van der Waals surface area contributed by atoms with Crippen molar-refractivity contribution in [3.8, 4) is 0 Å². The van der Waals surface area contributed by atoms with E-state index in [9.17, 15) is 9.59 Å². The molecule has 0 aliphatic rings. The second kappa shape index (κ2) is 10.1. The van der Waals surface area contributed by atoms with Gasteiger partial charge in [-0.25, -0.2) is 0 Å². The second-order valence-corrected chi connectivity index (χ2v) is 3.72. The van der Waals surface area contributed by atoms with E-state index in [0.29, 0.717) is 39.1 Å². The molecule has 0 saturated carbocycles. The Morgan fingerprint density at radius 3 is 2.41 bits per heavy atom. The fraction of sp³-hybridized carbons (Fsp3) is 0.833. The quantitative estimate of drug-likeness (QED) is 0.470. The van der Waals surface area contributed by atoms with Crippen molar-refractivity contribution in [1.29, 1.82) is 0 Å². The molecule has 0 amide bonds. The predicted molar refractivity (Wildman–Crippen MR) is 62.7 cm³/mol. The van der Waals surface area contributed by atoms with Gasteiger partial charge in [0.05, 0.1) is 12.5 Å². The monoisotopic (exact) mass is 246 g/mol. The molecule has 0 aromatic heterocycles. The summed E-state index contributed by atoms with van der Waals surface area (Å²) in [5, 5.41) is 8.54. The van der Waals surface area contributed by atoms with Gasteiger partial charge in [0.15, 0.2) is 0 Å². The van der Waals surface area contributed by atoms with Gasteiger partial charge in [0.2, 0.25) is 0 Å². The summed E-state index contributed by atoms with van der Waals surface area (Å²) < 4.78 is 10.1.